The standard InChI is InChI=1S/C30H41BO2S2/c1-29(2)30(3,4)33-31(32-29)26-19-25-22-15-16-34-27(22)23(17-20-11-7-5-8-12-20)24(28(25)35-26)18-21-13-9-6-10-14-21/h15-16,19-21H,5-14,17-18H2,1-4H3. The summed E-state index contributed by atoms with van der Waals surface area (Å²) in [6.45, 7) is 8.64. The van der Waals surface area contributed by atoms with Crippen molar-refractivity contribution in [3.8, 4) is 0 Å². The highest BCUT2D eigenvalue weighted by atomic mass is 32.1. The molecule has 3 aliphatic rings. The molecule has 1 aliphatic heterocycles. The maximum Gasteiger partial charge on any atom is 0.505 e. The van der Waals surface area contributed by atoms with Crippen LogP contribution < -0.4 is 4.78 Å². The molecule has 2 nitrogen and oxygen atoms in total. The van der Waals surface area contributed by atoms with E-state index in [9.17, 15) is 0 Å². The second-order valence-corrected chi connectivity index (χ2v) is 14.5. The van der Waals surface area contributed by atoms with Gasteiger partial charge in [0.05, 0.1) is 11.2 Å². The van der Waals surface area contributed by atoms with Crippen LogP contribution in [0.5, 0.6) is 0 Å². The van der Waals surface area contributed by atoms with Crippen LogP contribution in [0.15, 0.2) is 17.5 Å². The molecular weight excluding hydrogens is 467 g/mol. The summed E-state index contributed by atoms with van der Waals surface area (Å²) < 4.78 is 17.3. The van der Waals surface area contributed by atoms with Crippen molar-refractivity contribution in [1.82, 2.24) is 0 Å². The number of hydrogen-bond donors (Lipinski definition) is 0. The molecule has 6 rings (SSSR count). The SMILES string of the molecule is CC1(C)OB(c2cc3c(s2)c(CC2CCCCC2)c(CC2CCCCC2)c2sccc23)OC1(C)C. The molecule has 3 aromatic rings. The average Bonchev–Trinajstić information content (AvgIpc) is 3.53. The molecule has 0 N–H and O–H groups in total. The summed E-state index contributed by atoms with van der Waals surface area (Å²) in [6.07, 6.45) is 16.7. The Labute approximate surface area is 219 Å². The highest BCUT2D eigenvalue weighted by Gasteiger charge is 2.52. The van der Waals surface area contributed by atoms with Gasteiger partial charge < -0.3 is 9.31 Å². The fourth-order valence-electron chi connectivity index (χ4n) is 6.73. The molecule has 1 saturated heterocycles. The average molecular weight is 509 g/mol. The molecule has 0 bridgehead atoms. The summed E-state index contributed by atoms with van der Waals surface area (Å²) in [6, 6.07) is 4.78. The van der Waals surface area contributed by atoms with Crippen LogP contribution in [-0.4, -0.2) is 18.3 Å². The molecule has 2 aromatic heterocycles. The monoisotopic (exact) mass is 508 g/mol. The van der Waals surface area contributed by atoms with E-state index in [1.165, 1.54) is 97.3 Å². The Balaban J connectivity index is 1.47. The minimum absolute atomic E-state index is 0.268. The van der Waals surface area contributed by atoms with Crippen molar-refractivity contribution in [1.29, 1.82) is 0 Å². The predicted molar refractivity (Wildman–Crippen MR) is 153 cm³/mol. The van der Waals surface area contributed by atoms with Crippen molar-refractivity contribution < 1.29 is 9.31 Å². The minimum atomic E-state index is -0.303. The highest BCUT2D eigenvalue weighted by molar-refractivity contribution is 7.28. The van der Waals surface area contributed by atoms with E-state index in [0.29, 0.717) is 0 Å². The Bertz CT molecular complexity index is 1180. The van der Waals surface area contributed by atoms with Crippen molar-refractivity contribution >= 4 is 54.7 Å². The van der Waals surface area contributed by atoms with Gasteiger partial charge in [-0.2, -0.15) is 0 Å². The zero-order valence-electron chi connectivity index (χ0n) is 22.1. The van der Waals surface area contributed by atoms with E-state index in [-0.39, 0.29) is 18.3 Å². The van der Waals surface area contributed by atoms with E-state index in [4.69, 9.17) is 9.31 Å². The summed E-state index contributed by atoms with van der Waals surface area (Å²) in [5, 5.41) is 5.22. The van der Waals surface area contributed by atoms with Gasteiger partial charge in [-0.1, -0.05) is 64.2 Å². The van der Waals surface area contributed by atoms with Gasteiger partial charge in [0.2, 0.25) is 0 Å². The fourth-order valence-corrected chi connectivity index (χ4v) is 8.94. The Morgan fingerprint density at radius 1 is 0.771 bits per heavy atom. The lowest BCUT2D eigenvalue weighted by Gasteiger charge is -2.32. The molecule has 35 heavy (non-hydrogen) atoms. The summed E-state index contributed by atoms with van der Waals surface area (Å²) in [7, 11) is -0.268. The van der Waals surface area contributed by atoms with Gasteiger partial charge >= 0.3 is 7.12 Å². The molecule has 3 fully saturated rings. The van der Waals surface area contributed by atoms with Crippen LogP contribution in [0.4, 0.5) is 0 Å². The Morgan fingerprint density at radius 2 is 1.31 bits per heavy atom. The Morgan fingerprint density at radius 3 is 1.89 bits per heavy atom. The Kier molecular flexibility index (Phi) is 6.61. The number of benzene rings is 1. The first kappa shape index (κ1) is 24.5. The normalized spacial score (nSPS) is 23.6. The van der Waals surface area contributed by atoms with Gasteiger partial charge in [0, 0.05) is 24.9 Å². The van der Waals surface area contributed by atoms with Gasteiger partial charge in [-0.15, -0.1) is 22.7 Å². The summed E-state index contributed by atoms with van der Waals surface area (Å²) in [5.41, 5.74) is 2.77. The fraction of sp³-hybridized carbons (Fsp3) is 0.667. The van der Waals surface area contributed by atoms with Gasteiger partial charge in [-0.05, 0) is 81.0 Å². The Hall–Kier alpha value is -0.875. The second kappa shape index (κ2) is 9.46. The molecule has 0 atom stereocenters. The van der Waals surface area contributed by atoms with Gasteiger partial charge in [-0.25, -0.2) is 0 Å². The third-order valence-electron chi connectivity index (χ3n) is 9.54. The molecule has 2 aliphatic carbocycles. The van der Waals surface area contributed by atoms with E-state index in [1.807, 2.05) is 22.7 Å². The number of thiophene rings is 2. The number of rotatable bonds is 5. The van der Waals surface area contributed by atoms with E-state index >= 15 is 0 Å². The summed E-state index contributed by atoms with van der Waals surface area (Å²) in [5.74, 6) is 1.70. The van der Waals surface area contributed by atoms with Crippen molar-refractivity contribution in [2.75, 3.05) is 0 Å². The lowest BCUT2D eigenvalue weighted by molar-refractivity contribution is 0.00578. The first-order valence-corrected chi connectivity index (χ1v) is 15.8. The first-order chi connectivity index (χ1) is 16.8. The predicted octanol–water partition coefficient (Wildman–Crippen LogP) is 8.66. The smallest absolute Gasteiger partial charge is 0.399 e. The molecule has 188 valence electrons. The summed E-state index contributed by atoms with van der Waals surface area (Å²) >= 11 is 3.94. The molecule has 5 heteroatoms. The minimum Gasteiger partial charge on any atom is -0.399 e. The largest absolute Gasteiger partial charge is 0.505 e. The van der Waals surface area contributed by atoms with Crippen LogP contribution >= 0.6 is 22.7 Å². The number of hydrogen-bond acceptors (Lipinski definition) is 4. The van der Waals surface area contributed by atoms with E-state index < -0.39 is 0 Å². The van der Waals surface area contributed by atoms with Crippen LogP contribution in [-0.2, 0) is 22.2 Å². The third kappa shape index (κ3) is 4.53. The second-order valence-electron chi connectivity index (χ2n) is 12.5. The van der Waals surface area contributed by atoms with Crippen LogP contribution in [0.25, 0.3) is 20.2 Å². The van der Waals surface area contributed by atoms with Crippen molar-refractivity contribution in [3.63, 3.8) is 0 Å². The molecule has 2 saturated carbocycles. The first-order valence-electron chi connectivity index (χ1n) is 14.1. The van der Waals surface area contributed by atoms with Crippen molar-refractivity contribution in [3.05, 3.63) is 28.6 Å². The van der Waals surface area contributed by atoms with E-state index in [1.54, 1.807) is 15.8 Å². The zero-order valence-corrected chi connectivity index (χ0v) is 23.7. The number of fused-ring (bicyclic) bond motifs is 3. The zero-order chi connectivity index (χ0) is 24.2. The van der Waals surface area contributed by atoms with Crippen LogP contribution in [0.3, 0.4) is 0 Å². The molecule has 0 amide bonds. The molecule has 3 heterocycles. The lowest BCUT2D eigenvalue weighted by Crippen LogP contribution is -2.41. The molecule has 1 aromatic carbocycles. The maximum atomic E-state index is 6.51. The molecule has 0 radical (unpaired) electrons. The van der Waals surface area contributed by atoms with E-state index in [0.717, 1.165) is 11.8 Å². The van der Waals surface area contributed by atoms with Crippen LogP contribution in [0.1, 0.15) is 103 Å². The van der Waals surface area contributed by atoms with Gasteiger partial charge in [0.1, 0.15) is 0 Å². The van der Waals surface area contributed by atoms with Crippen molar-refractivity contribution in [2.45, 2.75) is 116 Å². The topological polar surface area (TPSA) is 18.5 Å². The molecule has 0 spiro atoms. The highest BCUT2D eigenvalue weighted by Crippen LogP contribution is 2.44. The van der Waals surface area contributed by atoms with Gasteiger partial charge in [0.25, 0.3) is 0 Å². The van der Waals surface area contributed by atoms with Crippen LogP contribution in [0.2, 0.25) is 0 Å². The quantitative estimate of drug-likeness (QED) is 0.321. The molecular formula is C30H41BO2S2. The van der Waals surface area contributed by atoms with Crippen LogP contribution in [0, 0.1) is 11.8 Å². The van der Waals surface area contributed by atoms with Crippen molar-refractivity contribution in [2.24, 2.45) is 11.8 Å². The van der Waals surface area contributed by atoms with Gasteiger partial charge in [-0.3, -0.25) is 0 Å². The van der Waals surface area contributed by atoms with Gasteiger partial charge in [0.15, 0.2) is 0 Å². The summed E-state index contributed by atoms with van der Waals surface area (Å²) in [4.78, 5) is 0. The van der Waals surface area contributed by atoms with E-state index in [2.05, 4.69) is 45.2 Å². The molecule has 0 unspecified atom stereocenters. The lowest BCUT2D eigenvalue weighted by atomic mass is 9.79. The maximum absolute atomic E-state index is 6.51. The third-order valence-corrected chi connectivity index (χ3v) is 11.7.